The topological polar surface area (TPSA) is 110 Å². The molecular formula is C29H29N7O2. The largest absolute Gasteiger partial charge is 0.357 e. The van der Waals surface area contributed by atoms with Crippen molar-refractivity contribution in [1.82, 2.24) is 34.6 Å². The molecule has 9 heteroatoms. The summed E-state index contributed by atoms with van der Waals surface area (Å²) in [5.41, 5.74) is 5.92. The molecule has 6 rings (SSSR count). The molecule has 192 valence electrons. The van der Waals surface area contributed by atoms with E-state index in [4.69, 9.17) is 0 Å². The quantitative estimate of drug-likeness (QED) is 0.318. The number of amides is 1. The van der Waals surface area contributed by atoms with Gasteiger partial charge >= 0.3 is 0 Å². The van der Waals surface area contributed by atoms with Crippen molar-refractivity contribution in [3.05, 3.63) is 100 Å². The Hall–Kier alpha value is -4.53. The third kappa shape index (κ3) is 4.87. The van der Waals surface area contributed by atoms with Crippen LogP contribution in [0.15, 0.2) is 72.0 Å². The zero-order chi connectivity index (χ0) is 25.9. The minimum Gasteiger partial charge on any atom is -0.357 e. The van der Waals surface area contributed by atoms with Gasteiger partial charge in [0.25, 0.3) is 5.56 Å². The zero-order valence-corrected chi connectivity index (χ0v) is 21.1. The molecule has 0 aliphatic carbocycles. The van der Waals surface area contributed by atoms with E-state index < -0.39 is 0 Å². The Labute approximate surface area is 219 Å². The summed E-state index contributed by atoms with van der Waals surface area (Å²) in [6, 6.07) is 14.1. The number of hydrogen-bond acceptors (Lipinski definition) is 5. The van der Waals surface area contributed by atoms with Crippen LogP contribution in [0, 0.1) is 0 Å². The Morgan fingerprint density at radius 1 is 1.08 bits per heavy atom. The van der Waals surface area contributed by atoms with E-state index in [0.717, 1.165) is 60.1 Å². The van der Waals surface area contributed by atoms with Crippen LogP contribution in [0.3, 0.4) is 0 Å². The number of fused-ring (bicyclic) bond motifs is 2. The highest BCUT2D eigenvalue weighted by Crippen LogP contribution is 2.27. The highest BCUT2D eigenvalue weighted by Gasteiger charge is 2.22. The molecule has 5 aromatic rings. The van der Waals surface area contributed by atoms with E-state index >= 15 is 0 Å². The SMILES string of the molecule is O=C(Cn1c(-c2cnn3c2CCC3)cnc(CCCc2ccccc2)c1=O)NCc1cc2cnccc2[nH]1. The molecule has 5 heterocycles. The normalized spacial score (nSPS) is 12.6. The third-order valence-electron chi connectivity index (χ3n) is 7.11. The van der Waals surface area contributed by atoms with Gasteiger partial charge in [0.2, 0.25) is 5.91 Å². The van der Waals surface area contributed by atoms with Crippen LogP contribution in [-0.2, 0) is 43.7 Å². The Balaban J connectivity index is 1.23. The number of nitrogens with zero attached hydrogens (tertiary/aromatic N) is 5. The molecule has 38 heavy (non-hydrogen) atoms. The lowest BCUT2D eigenvalue weighted by molar-refractivity contribution is -0.121. The average Bonchev–Trinajstić information content (AvgIpc) is 3.66. The van der Waals surface area contributed by atoms with Gasteiger partial charge in [-0.15, -0.1) is 0 Å². The predicted molar refractivity (Wildman–Crippen MR) is 144 cm³/mol. The Morgan fingerprint density at radius 2 is 1.97 bits per heavy atom. The summed E-state index contributed by atoms with van der Waals surface area (Å²) in [6.45, 7) is 1.11. The van der Waals surface area contributed by atoms with Gasteiger partial charge < -0.3 is 10.3 Å². The summed E-state index contributed by atoms with van der Waals surface area (Å²) >= 11 is 0. The molecule has 0 saturated carbocycles. The first-order valence-electron chi connectivity index (χ1n) is 13.0. The van der Waals surface area contributed by atoms with Crippen LogP contribution >= 0.6 is 0 Å². The first-order chi connectivity index (χ1) is 18.7. The van der Waals surface area contributed by atoms with Crippen LogP contribution in [-0.4, -0.2) is 35.2 Å². The Morgan fingerprint density at radius 3 is 2.84 bits per heavy atom. The summed E-state index contributed by atoms with van der Waals surface area (Å²) in [5.74, 6) is -0.240. The van der Waals surface area contributed by atoms with Crippen molar-refractivity contribution in [3.63, 3.8) is 0 Å². The molecule has 0 saturated heterocycles. The van der Waals surface area contributed by atoms with Gasteiger partial charge in [-0.25, -0.2) is 0 Å². The Bertz CT molecular complexity index is 1620. The van der Waals surface area contributed by atoms with Gasteiger partial charge in [0.1, 0.15) is 12.2 Å². The number of aryl methyl sites for hydroxylation is 3. The summed E-state index contributed by atoms with van der Waals surface area (Å²) in [7, 11) is 0. The first-order valence-corrected chi connectivity index (χ1v) is 13.0. The number of aromatic nitrogens is 6. The van der Waals surface area contributed by atoms with E-state index in [2.05, 4.69) is 37.5 Å². The van der Waals surface area contributed by atoms with Crippen molar-refractivity contribution in [3.8, 4) is 11.3 Å². The van der Waals surface area contributed by atoms with Crippen molar-refractivity contribution in [2.24, 2.45) is 0 Å². The van der Waals surface area contributed by atoms with Crippen LogP contribution in [0.2, 0.25) is 0 Å². The Kier molecular flexibility index (Phi) is 6.56. The maximum atomic E-state index is 13.6. The molecular weight excluding hydrogens is 478 g/mol. The molecule has 1 aromatic carbocycles. The molecule has 0 fully saturated rings. The molecule has 0 radical (unpaired) electrons. The van der Waals surface area contributed by atoms with E-state index in [0.29, 0.717) is 24.4 Å². The van der Waals surface area contributed by atoms with Crippen molar-refractivity contribution < 1.29 is 4.79 Å². The number of hydrogen-bond donors (Lipinski definition) is 2. The molecule has 9 nitrogen and oxygen atoms in total. The minimum atomic E-state index is -0.240. The molecule has 1 aliphatic rings. The smallest absolute Gasteiger partial charge is 0.273 e. The molecule has 0 spiro atoms. The summed E-state index contributed by atoms with van der Waals surface area (Å²) in [6.07, 6.45) is 11.1. The maximum Gasteiger partial charge on any atom is 0.273 e. The molecule has 0 bridgehead atoms. The van der Waals surface area contributed by atoms with Gasteiger partial charge in [0.05, 0.1) is 24.6 Å². The van der Waals surface area contributed by atoms with Gasteiger partial charge in [-0.2, -0.15) is 5.10 Å². The van der Waals surface area contributed by atoms with E-state index in [-0.39, 0.29) is 18.0 Å². The lowest BCUT2D eigenvalue weighted by atomic mass is 10.1. The second kappa shape index (κ2) is 10.5. The van der Waals surface area contributed by atoms with E-state index in [1.807, 2.05) is 35.0 Å². The summed E-state index contributed by atoms with van der Waals surface area (Å²) in [4.78, 5) is 38.7. The standard InChI is InChI=1S/C29H29N7O2/c37-28(32-16-22-14-21-15-30-12-11-24(21)34-22)19-35-27(23-17-33-36-13-5-10-26(23)36)18-31-25(29(35)38)9-4-8-20-6-2-1-3-7-20/h1-3,6-7,11-12,14-15,17-18,34H,4-5,8-10,13,16,19H2,(H,32,37). The fraction of sp³-hybridized carbons (Fsp3) is 0.276. The monoisotopic (exact) mass is 507 g/mol. The predicted octanol–water partition coefficient (Wildman–Crippen LogP) is 3.42. The van der Waals surface area contributed by atoms with Crippen LogP contribution in [0.1, 0.15) is 35.5 Å². The van der Waals surface area contributed by atoms with E-state index in [9.17, 15) is 9.59 Å². The number of aromatic amines is 1. The number of pyridine rings is 1. The molecule has 4 aromatic heterocycles. The van der Waals surface area contributed by atoms with Gasteiger partial charge in [0.15, 0.2) is 0 Å². The van der Waals surface area contributed by atoms with Crippen molar-refractivity contribution in [1.29, 1.82) is 0 Å². The summed E-state index contributed by atoms with van der Waals surface area (Å²) < 4.78 is 3.54. The number of carbonyl (C=O) groups excluding carboxylic acids is 1. The minimum absolute atomic E-state index is 0.0885. The van der Waals surface area contributed by atoms with Crippen LogP contribution in [0.25, 0.3) is 22.2 Å². The van der Waals surface area contributed by atoms with Gasteiger partial charge in [-0.3, -0.25) is 28.8 Å². The lowest BCUT2D eigenvalue weighted by Gasteiger charge is -2.14. The number of benzene rings is 1. The number of carbonyl (C=O) groups is 1. The molecule has 0 unspecified atom stereocenters. The van der Waals surface area contributed by atoms with E-state index in [1.165, 1.54) is 5.56 Å². The number of nitrogens with one attached hydrogen (secondary N) is 2. The molecule has 2 N–H and O–H groups in total. The van der Waals surface area contributed by atoms with Crippen molar-refractivity contribution >= 4 is 16.8 Å². The fourth-order valence-electron chi connectivity index (χ4n) is 5.18. The fourth-order valence-corrected chi connectivity index (χ4v) is 5.18. The highest BCUT2D eigenvalue weighted by atomic mass is 16.2. The summed E-state index contributed by atoms with van der Waals surface area (Å²) in [5, 5.41) is 8.43. The lowest BCUT2D eigenvalue weighted by Crippen LogP contribution is -2.34. The number of H-pyrrole nitrogens is 1. The van der Waals surface area contributed by atoms with E-state index in [1.54, 1.807) is 29.4 Å². The second-order valence-electron chi connectivity index (χ2n) is 9.69. The highest BCUT2D eigenvalue weighted by molar-refractivity contribution is 5.80. The average molecular weight is 508 g/mol. The molecule has 0 atom stereocenters. The number of rotatable bonds is 9. The third-order valence-corrected chi connectivity index (χ3v) is 7.11. The molecule has 1 aliphatic heterocycles. The van der Waals surface area contributed by atoms with Gasteiger partial charge in [-0.1, -0.05) is 30.3 Å². The second-order valence-corrected chi connectivity index (χ2v) is 9.69. The molecule has 1 amide bonds. The van der Waals surface area contributed by atoms with Gasteiger partial charge in [-0.05, 0) is 49.8 Å². The van der Waals surface area contributed by atoms with Crippen molar-refractivity contribution in [2.75, 3.05) is 0 Å². The first kappa shape index (κ1) is 23.8. The van der Waals surface area contributed by atoms with Crippen LogP contribution < -0.4 is 10.9 Å². The zero-order valence-electron chi connectivity index (χ0n) is 21.1. The van der Waals surface area contributed by atoms with Gasteiger partial charge in [0, 0.05) is 46.8 Å². The van der Waals surface area contributed by atoms with Crippen LogP contribution in [0.5, 0.6) is 0 Å². The maximum absolute atomic E-state index is 13.6. The van der Waals surface area contributed by atoms with Crippen LogP contribution in [0.4, 0.5) is 0 Å². The van der Waals surface area contributed by atoms with Crippen molar-refractivity contribution in [2.45, 2.75) is 51.7 Å².